The number of alkyl carbamates (subject to hydrolysis) is 1. The van der Waals surface area contributed by atoms with Crippen molar-refractivity contribution in [1.29, 1.82) is 0 Å². The van der Waals surface area contributed by atoms with E-state index in [9.17, 15) is 4.79 Å². The summed E-state index contributed by atoms with van der Waals surface area (Å²) < 4.78 is 5.25. The molecule has 0 bridgehead atoms. The summed E-state index contributed by atoms with van der Waals surface area (Å²) in [6.07, 6.45) is 4.90. The van der Waals surface area contributed by atoms with Gasteiger partial charge in [-0.05, 0) is 53.0 Å². The molecule has 0 aromatic carbocycles. The Morgan fingerprint density at radius 2 is 2.05 bits per heavy atom. The zero-order chi connectivity index (χ0) is 15.2. The molecule has 1 amide bonds. The van der Waals surface area contributed by atoms with E-state index in [4.69, 9.17) is 10.5 Å². The molecule has 2 unspecified atom stereocenters. The van der Waals surface area contributed by atoms with E-state index in [1.165, 1.54) is 25.7 Å². The first-order valence-electron chi connectivity index (χ1n) is 7.75. The molecule has 1 fully saturated rings. The Bertz CT molecular complexity index is 298. The molecule has 4 N–H and O–H groups in total. The maximum absolute atomic E-state index is 11.7. The van der Waals surface area contributed by atoms with Gasteiger partial charge in [-0.3, -0.25) is 0 Å². The number of carbonyl (C=O) groups is 1. The molecule has 0 heterocycles. The number of carbonyl (C=O) groups excluding carboxylic acids is 1. The van der Waals surface area contributed by atoms with Gasteiger partial charge in [0.05, 0.1) is 0 Å². The lowest BCUT2D eigenvalue weighted by Crippen LogP contribution is -2.53. The van der Waals surface area contributed by atoms with E-state index in [1.54, 1.807) is 0 Å². The second-order valence-corrected chi connectivity index (χ2v) is 6.82. The van der Waals surface area contributed by atoms with Gasteiger partial charge in [0, 0.05) is 18.6 Å². The smallest absolute Gasteiger partial charge is 0.407 e. The van der Waals surface area contributed by atoms with Crippen LogP contribution < -0.4 is 16.4 Å². The molecule has 0 aliphatic heterocycles. The van der Waals surface area contributed by atoms with Crippen molar-refractivity contribution in [2.24, 2.45) is 11.7 Å². The number of nitrogens with one attached hydrogen (secondary N) is 2. The van der Waals surface area contributed by atoms with Gasteiger partial charge in [0.1, 0.15) is 5.60 Å². The van der Waals surface area contributed by atoms with E-state index < -0.39 is 5.60 Å². The van der Waals surface area contributed by atoms with Crippen molar-refractivity contribution in [2.45, 2.75) is 71.1 Å². The Balaban J connectivity index is 2.22. The number of amides is 1. The van der Waals surface area contributed by atoms with Gasteiger partial charge in [0.2, 0.25) is 0 Å². The molecule has 0 radical (unpaired) electrons. The molecular weight excluding hydrogens is 254 g/mol. The van der Waals surface area contributed by atoms with Crippen molar-refractivity contribution in [3.05, 3.63) is 0 Å². The quantitative estimate of drug-likeness (QED) is 0.596. The van der Waals surface area contributed by atoms with E-state index in [0.717, 1.165) is 12.5 Å². The maximum Gasteiger partial charge on any atom is 0.407 e. The predicted octanol–water partition coefficient (Wildman–Crippen LogP) is 2.01. The molecule has 1 saturated carbocycles. The fraction of sp³-hybridized carbons (Fsp3) is 0.933. The second-order valence-electron chi connectivity index (χ2n) is 6.82. The SMILES string of the molecule is CC(NC(=O)OC(C)(C)C)C(CN)NCCCC1CC1. The van der Waals surface area contributed by atoms with Gasteiger partial charge in [-0.1, -0.05) is 12.8 Å². The zero-order valence-corrected chi connectivity index (χ0v) is 13.4. The molecule has 0 saturated heterocycles. The first-order chi connectivity index (χ1) is 9.31. The van der Waals surface area contributed by atoms with Crippen LogP contribution in [-0.2, 0) is 4.74 Å². The summed E-state index contributed by atoms with van der Waals surface area (Å²) >= 11 is 0. The van der Waals surface area contributed by atoms with Crippen molar-refractivity contribution in [3.63, 3.8) is 0 Å². The molecule has 0 aromatic rings. The fourth-order valence-electron chi connectivity index (χ4n) is 2.14. The molecule has 118 valence electrons. The summed E-state index contributed by atoms with van der Waals surface area (Å²) in [5.74, 6) is 0.963. The molecule has 0 aromatic heterocycles. The fourth-order valence-corrected chi connectivity index (χ4v) is 2.14. The Labute approximate surface area is 123 Å². The van der Waals surface area contributed by atoms with Crippen LogP contribution in [0.3, 0.4) is 0 Å². The minimum absolute atomic E-state index is 0.0456. The van der Waals surface area contributed by atoms with E-state index in [2.05, 4.69) is 10.6 Å². The molecule has 5 heteroatoms. The van der Waals surface area contributed by atoms with E-state index in [-0.39, 0.29) is 18.2 Å². The first-order valence-corrected chi connectivity index (χ1v) is 7.75. The lowest BCUT2D eigenvalue weighted by atomic mass is 10.1. The second kappa shape index (κ2) is 7.84. The summed E-state index contributed by atoms with van der Waals surface area (Å²) in [7, 11) is 0. The lowest BCUT2D eigenvalue weighted by molar-refractivity contribution is 0.0498. The molecule has 1 aliphatic rings. The van der Waals surface area contributed by atoms with Crippen LogP contribution in [0, 0.1) is 5.92 Å². The third-order valence-corrected chi connectivity index (χ3v) is 3.49. The minimum Gasteiger partial charge on any atom is -0.444 e. The topological polar surface area (TPSA) is 76.4 Å². The van der Waals surface area contributed by atoms with Gasteiger partial charge in [-0.2, -0.15) is 0 Å². The van der Waals surface area contributed by atoms with Crippen LogP contribution in [0.5, 0.6) is 0 Å². The first kappa shape index (κ1) is 17.2. The molecule has 5 nitrogen and oxygen atoms in total. The largest absolute Gasteiger partial charge is 0.444 e. The summed E-state index contributed by atoms with van der Waals surface area (Å²) in [6.45, 7) is 8.98. The highest BCUT2D eigenvalue weighted by Gasteiger charge is 2.23. The molecule has 1 rings (SSSR count). The van der Waals surface area contributed by atoms with Crippen molar-refractivity contribution >= 4 is 6.09 Å². The lowest BCUT2D eigenvalue weighted by Gasteiger charge is -2.27. The van der Waals surface area contributed by atoms with E-state index in [1.807, 2.05) is 27.7 Å². The van der Waals surface area contributed by atoms with Crippen molar-refractivity contribution < 1.29 is 9.53 Å². The van der Waals surface area contributed by atoms with Crippen LogP contribution in [-0.4, -0.2) is 36.9 Å². The van der Waals surface area contributed by atoms with Crippen molar-refractivity contribution in [2.75, 3.05) is 13.1 Å². The van der Waals surface area contributed by atoms with E-state index in [0.29, 0.717) is 6.54 Å². The zero-order valence-electron chi connectivity index (χ0n) is 13.4. The summed E-state index contributed by atoms with van der Waals surface area (Å²) in [5.41, 5.74) is 5.30. The maximum atomic E-state index is 11.7. The standard InChI is InChI=1S/C15H31N3O2/c1-11(18-14(19)20-15(2,3)4)13(10-16)17-9-5-6-12-7-8-12/h11-13,17H,5-10,16H2,1-4H3,(H,18,19). The number of hydrogen-bond acceptors (Lipinski definition) is 4. The highest BCUT2D eigenvalue weighted by atomic mass is 16.6. The van der Waals surface area contributed by atoms with Crippen LogP contribution in [0.25, 0.3) is 0 Å². The van der Waals surface area contributed by atoms with Gasteiger partial charge in [0.25, 0.3) is 0 Å². The van der Waals surface area contributed by atoms with Crippen LogP contribution in [0.4, 0.5) is 4.79 Å². The monoisotopic (exact) mass is 285 g/mol. The summed E-state index contributed by atoms with van der Waals surface area (Å²) in [4.78, 5) is 11.7. The molecule has 0 spiro atoms. The van der Waals surface area contributed by atoms with Gasteiger partial charge >= 0.3 is 6.09 Å². The highest BCUT2D eigenvalue weighted by Crippen LogP contribution is 2.33. The normalized spacial score (nSPS) is 18.4. The van der Waals surface area contributed by atoms with Gasteiger partial charge in [-0.15, -0.1) is 0 Å². The van der Waals surface area contributed by atoms with Gasteiger partial charge < -0.3 is 21.1 Å². The van der Waals surface area contributed by atoms with Crippen LogP contribution in [0.15, 0.2) is 0 Å². The number of hydrogen-bond donors (Lipinski definition) is 3. The van der Waals surface area contributed by atoms with Crippen molar-refractivity contribution in [3.8, 4) is 0 Å². The molecule has 2 atom stereocenters. The minimum atomic E-state index is -0.473. The van der Waals surface area contributed by atoms with E-state index >= 15 is 0 Å². The highest BCUT2D eigenvalue weighted by molar-refractivity contribution is 5.68. The third kappa shape index (κ3) is 7.70. The van der Waals surface area contributed by atoms with Gasteiger partial charge in [0.15, 0.2) is 0 Å². The van der Waals surface area contributed by atoms with Crippen LogP contribution >= 0.6 is 0 Å². The van der Waals surface area contributed by atoms with Crippen LogP contribution in [0.1, 0.15) is 53.4 Å². The van der Waals surface area contributed by atoms with Gasteiger partial charge in [-0.25, -0.2) is 4.79 Å². The number of nitrogens with two attached hydrogens (primary N) is 1. The molecule has 20 heavy (non-hydrogen) atoms. The average molecular weight is 285 g/mol. The predicted molar refractivity (Wildman–Crippen MR) is 81.6 cm³/mol. The Kier molecular flexibility index (Phi) is 6.76. The number of ether oxygens (including phenoxy) is 1. The summed E-state index contributed by atoms with van der Waals surface area (Å²) in [6, 6.07) is 0.0393. The molecule has 1 aliphatic carbocycles. The number of rotatable bonds is 8. The Morgan fingerprint density at radius 3 is 2.55 bits per heavy atom. The average Bonchev–Trinajstić information content (AvgIpc) is 3.10. The Hall–Kier alpha value is -0.810. The molecular formula is C15H31N3O2. The van der Waals surface area contributed by atoms with Crippen molar-refractivity contribution in [1.82, 2.24) is 10.6 Å². The third-order valence-electron chi connectivity index (χ3n) is 3.49. The van der Waals surface area contributed by atoms with Crippen LogP contribution in [0.2, 0.25) is 0 Å². The Morgan fingerprint density at radius 1 is 1.40 bits per heavy atom. The summed E-state index contributed by atoms with van der Waals surface area (Å²) in [5, 5.41) is 6.27.